The summed E-state index contributed by atoms with van der Waals surface area (Å²) in [7, 11) is 0. The van der Waals surface area contributed by atoms with Crippen LogP contribution in [0, 0.1) is 0 Å². The summed E-state index contributed by atoms with van der Waals surface area (Å²) in [6.07, 6.45) is 0.466. The van der Waals surface area contributed by atoms with Crippen molar-refractivity contribution in [3.05, 3.63) is 28.8 Å². The molecule has 4 heteroatoms. The third kappa shape index (κ3) is 2.73. The lowest BCUT2D eigenvalue weighted by molar-refractivity contribution is 0.0987. The van der Waals surface area contributed by atoms with Crippen molar-refractivity contribution >= 4 is 45.9 Å². The van der Waals surface area contributed by atoms with Crippen molar-refractivity contribution < 1.29 is 4.79 Å². The Morgan fingerprint density at radius 1 is 1.54 bits per heavy atom. The Bertz CT molecular complexity index is 327. The van der Waals surface area contributed by atoms with Crippen molar-refractivity contribution in [2.24, 2.45) is 0 Å². The van der Waals surface area contributed by atoms with E-state index in [2.05, 4.69) is 28.6 Å². The lowest BCUT2D eigenvalue weighted by Crippen LogP contribution is -2.00. The minimum Gasteiger partial charge on any atom is -0.294 e. The highest BCUT2D eigenvalue weighted by Gasteiger charge is 2.10. The molecule has 0 unspecified atom stereocenters. The zero-order chi connectivity index (χ0) is 9.84. The van der Waals surface area contributed by atoms with Gasteiger partial charge in [-0.1, -0.05) is 39.7 Å². The summed E-state index contributed by atoms with van der Waals surface area (Å²) in [5.74, 6) is 0.0596. The molecule has 1 aromatic rings. The second-order valence-electron chi connectivity index (χ2n) is 2.50. The molecule has 0 amide bonds. The maximum Gasteiger partial charge on any atom is 0.164 e. The lowest BCUT2D eigenvalue weighted by atomic mass is 10.1. The molecule has 0 bridgehead atoms. The van der Waals surface area contributed by atoms with Crippen LogP contribution in [0.5, 0.6) is 0 Å². The van der Waals surface area contributed by atoms with E-state index in [1.54, 1.807) is 18.2 Å². The minimum absolute atomic E-state index is 0.0596. The molecule has 0 aliphatic heterocycles. The number of alkyl halides is 1. The fourth-order valence-electron chi connectivity index (χ4n) is 0.961. The zero-order valence-corrected chi connectivity index (χ0v) is 9.99. The summed E-state index contributed by atoms with van der Waals surface area (Å²) in [4.78, 5) is 12.0. The number of hydrogen-bond donors (Lipinski definition) is 1. The number of carbonyl (C=O) groups is 1. The Labute approximate surface area is 96.0 Å². The highest BCUT2D eigenvalue weighted by molar-refractivity contribution is 9.09. The van der Waals surface area contributed by atoms with Crippen LogP contribution >= 0.6 is 40.2 Å². The standard InChI is InChI=1S/C9H8BrClOS/c10-5-4-8(12)6-2-1-3-7(11)9(6)13/h1-3,13H,4-5H2. The first-order valence-electron chi connectivity index (χ1n) is 3.73. The average Bonchev–Trinajstić information content (AvgIpc) is 2.10. The van der Waals surface area contributed by atoms with Crippen molar-refractivity contribution in [2.75, 3.05) is 5.33 Å². The van der Waals surface area contributed by atoms with Crippen LogP contribution < -0.4 is 0 Å². The molecule has 0 saturated heterocycles. The summed E-state index contributed by atoms with van der Waals surface area (Å²) in [5, 5.41) is 1.18. The summed E-state index contributed by atoms with van der Waals surface area (Å²) >= 11 is 13.2. The average molecular weight is 280 g/mol. The normalized spacial score (nSPS) is 10.1. The Morgan fingerprint density at radius 3 is 2.85 bits per heavy atom. The van der Waals surface area contributed by atoms with Crippen molar-refractivity contribution in [1.82, 2.24) is 0 Å². The SMILES string of the molecule is O=C(CCBr)c1cccc(Cl)c1S. The van der Waals surface area contributed by atoms with E-state index >= 15 is 0 Å². The molecule has 0 heterocycles. The van der Waals surface area contributed by atoms with Gasteiger partial charge in [-0.3, -0.25) is 4.79 Å². The number of thiol groups is 1. The third-order valence-corrected chi connectivity index (χ3v) is 2.93. The quantitative estimate of drug-likeness (QED) is 0.508. The van der Waals surface area contributed by atoms with Crippen molar-refractivity contribution in [1.29, 1.82) is 0 Å². The first kappa shape index (κ1) is 11.1. The monoisotopic (exact) mass is 278 g/mol. The van der Waals surface area contributed by atoms with Gasteiger partial charge in [-0.05, 0) is 6.07 Å². The molecule has 1 rings (SSSR count). The maximum atomic E-state index is 11.5. The van der Waals surface area contributed by atoms with Crippen LogP contribution in [-0.4, -0.2) is 11.1 Å². The first-order valence-corrected chi connectivity index (χ1v) is 5.68. The van der Waals surface area contributed by atoms with Gasteiger partial charge in [0, 0.05) is 22.2 Å². The van der Waals surface area contributed by atoms with Gasteiger partial charge in [-0.2, -0.15) is 0 Å². The maximum absolute atomic E-state index is 11.5. The lowest BCUT2D eigenvalue weighted by Gasteiger charge is -2.03. The van der Waals surface area contributed by atoms with Crippen molar-refractivity contribution in [2.45, 2.75) is 11.3 Å². The molecule has 0 spiro atoms. The molecular formula is C9H8BrClOS. The molecule has 0 fully saturated rings. The molecule has 0 atom stereocenters. The van der Waals surface area contributed by atoms with Gasteiger partial charge in [0.05, 0.1) is 5.02 Å². The molecule has 1 aromatic carbocycles. The second kappa shape index (κ2) is 5.03. The predicted octanol–water partition coefficient (Wildman–Crippen LogP) is 3.60. The fourth-order valence-corrected chi connectivity index (χ4v) is 1.77. The van der Waals surface area contributed by atoms with Crippen LogP contribution in [-0.2, 0) is 0 Å². The van der Waals surface area contributed by atoms with E-state index in [4.69, 9.17) is 11.6 Å². The molecule has 0 saturated carbocycles. The van der Waals surface area contributed by atoms with Crippen LogP contribution in [0.1, 0.15) is 16.8 Å². The van der Waals surface area contributed by atoms with Gasteiger partial charge in [0.25, 0.3) is 0 Å². The largest absolute Gasteiger partial charge is 0.294 e. The van der Waals surface area contributed by atoms with Gasteiger partial charge in [0.15, 0.2) is 5.78 Å². The Morgan fingerprint density at radius 2 is 2.23 bits per heavy atom. The topological polar surface area (TPSA) is 17.1 Å². The molecule has 70 valence electrons. The summed E-state index contributed by atoms with van der Waals surface area (Å²) in [5.41, 5.74) is 0.593. The predicted molar refractivity (Wildman–Crippen MR) is 61.4 cm³/mol. The van der Waals surface area contributed by atoms with Gasteiger partial charge in [0.1, 0.15) is 0 Å². The number of benzene rings is 1. The fraction of sp³-hybridized carbons (Fsp3) is 0.222. The smallest absolute Gasteiger partial charge is 0.164 e. The molecule has 0 aliphatic rings. The minimum atomic E-state index is 0.0596. The number of carbonyl (C=O) groups excluding carboxylic acids is 1. The molecule has 0 radical (unpaired) electrons. The highest BCUT2D eigenvalue weighted by Crippen LogP contribution is 2.24. The van der Waals surface area contributed by atoms with Gasteiger partial charge in [-0.15, -0.1) is 12.6 Å². The molecule has 13 heavy (non-hydrogen) atoms. The van der Waals surface area contributed by atoms with E-state index in [1.165, 1.54) is 0 Å². The first-order chi connectivity index (χ1) is 6.16. The Kier molecular flexibility index (Phi) is 4.29. The molecule has 0 N–H and O–H groups in total. The Hall–Kier alpha value is 0.01000. The summed E-state index contributed by atoms with van der Waals surface area (Å²) in [6.45, 7) is 0. The van der Waals surface area contributed by atoms with Crippen LogP contribution in [0.15, 0.2) is 23.1 Å². The van der Waals surface area contributed by atoms with Crippen LogP contribution in [0.25, 0.3) is 0 Å². The molecule has 0 aromatic heterocycles. The van der Waals surface area contributed by atoms with Crippen LogP contribution in [0.3, 0.4) is 0 Å². The van der Waals surface area contributed by atoms with E-state index in [1.807, 2.05) is 0 Å². The van der Waals surface area contributed by atoms with Gasteiger partial charge >= 0.3 is 0 Å². The number of halogens is 2. The van der Waals surface area contributed by atoms with Crippen LogP contribution in [0.4, 0.5) is 0 Å². The van der Waals surface area contributed by atoms with E-state index in [0.717, 1.165) is 0 Å². The number of Topliss-reactive ketones (excluding diaryl/α,β-unsaturated/α-hetero) is 1. The van der Waals surface area contributed by atoms with Crippen molar-refractivity contribution in [3.8, 4) is 0 Å². The van der Waals surface area contributed by atoms with Crippen molar-refractivity contribution in [3.63, 3.8) is 0 Å². The van der Waals surface area contributed by atoms with E-state index in [9.17, 15) is 4.79 Å². The number of hydrogen-bond acceptors (Lipinski definition) is 2. The third-order valence-electron chi connectivity index (χ3n) is 1.61. The zero-order valence-electron chi connectivity index (χ0n) is 6.76. The van der Waals surface area contributed by atoms with Gasteiger partial charge < -0.3 is 0 Å². The molecule has 1 nitrogen and oxygen atoms in total. The Balaban J connectivity index is 3.01. The van der Waals surface area contributed by atoms with Gasteiger partial charge in [-0.25, -0.2) is 0 Å². The second-order valence-corrected chi connectivity index (χ2v) is 4.15. The van der Waals surface area contributed by atoms with E-state index in [-0.39, 0.29) is 5.78 Å². The highest BCUT2D eigenvalue weighted by atomic mass is 79.9. The van der Waals surface area contributed by atoms with Crippen LogP contribution in [0.2, 0.25) is 5.02 Å². The van der Waals surface area contributed by atoms with E-state index < -0.39 is 0 Å². The van der Waals surface area contributed by atoms with Gasteiger partial charge in [0.2, 0.25) is 0 Å². The van der Waals surface area contributed by atoms with E-state index in [0.29, 0.717) is 27.2 Å². The number of ketones is 1. The molecule has 0 aliphatic carbocycles. The number of rotatable bonds is 3. The molecular weight excluding hydrogens is 272 g/mol. The summed E-state index contributed by atoms with van der Waals surface area (Å²) in [6, 6.07) is 5.21. The summed E-state index contributed by atoms with van der Waals surface area (Å²) < 4.78 is 0.